The zero-order valence-electron chi connectivity index (χ0n) is 11.8. The molecule has 0 atom stereocenters. The van der Waals surface area contributed by atoms with Gasteiger partial charge in [0.05, 0.1) is 0 Å². The lowest BCUT2D eigenvalue weighted by Gasteiger charge is -2.24. The monoisotopic (exact) mass is 265 g/mol. The van der Waals surface area contributed by atoms with E-state index in [2.05, 4.69) is 25.8 Å². The molecule has 0 amide bonds. The minimum atomic E-state index is 0.561. The standard InChI is InChI=1S/C13H23N5O/c1-10-16-12(19-18-10)8-9-15-13(14-2)17-11-6-4-3-5-7-11/h11H,3-9H2,1-2H3,(H2,14,15,17). The Balaban J connectivity index is 1.70. The Morgan fingerprint density at radius 2 is 2.16 bits per heavy atom. The summed E-state index contributed by atoms with van der Waals surface area (Å²) >= 11 is 0. The molecule has 1 fully saturated rings. The van der Waals surface area contributed by atoms with Crippen molar-refractivity contribution >= 4 is 5.96 Å². The van der Waals surface area contributed by atoms with E-state index >= 15 is 0 Å². The molecule has 1 aromatic rings. The summed E-state index contributed by atoms with van der Waals surface area (Å²) in [6, 6.07) is 0.561. The predicted molar refractivity (Wildman–Crippen MR) is 74.1 cm³/mol. The molecule has 0 bridgehead atoms. The average Bonchev–Trinajstić information content (AvgIpc) is 2.84. The van der Waals surface area contributed by atoms with Gasteiger partial charge in [-0.2, -0.15) is 4.98 Å². The molecule has 106 valence electrons. The first kappa shape index (κ1) is 13.8. The third kappa shape index (κ3) is 4.54. The van der Waals surface area contributed by atoms with Crippen LogP contribution in [0, 0.1) is 6.92 Å². The van der Waals surface area contributed by atoms with E-state index in [4.69, 9.17) is 4.52 Å². The summed E-state index contributed by atoms with van der Waals surface area (Å²) in [6.45, 7) is 2.57. The number of nitrogens with one attached hydrogen (secondary N) is 2. The van der Waals surface area contributed by atoms with Gasteiger partial charge in [0, 0.05) is 26.1 Å². The highest BCUT2D eigenvalue weighted by molar-refractivity contribution is 5.79. The van der Waals surface area contributed by atoms with Crippen molar-refractivity contribution in [2.24, 2.45) is 4.99 Å². The lowest BCUT2D eigenvalue weighted by Crippen LogP contribution is -2.44. The fraction of sp³-hybridized carbons (Fsp3) is 0.769. The molecule has 0 spiro atoms. The first-order valence-electron chi connectivity index (χ1n) is 7.04. The predicted octanol–water partition coefficient (Wildman–Crippen LogP) is 1.42. The zero-order valence-corrected chi connectivity index (χ0v) is 11.8. The highest BCUT2D eigenvalue weighted by Crippen LogP contribution is 2.17. The number of aryl methyl sites for hydroxylation is 1. The first-order chi connectivity index (χ1) is 9.28. The van der Waals surface area contributed by atoms with Gasteiger partial charge in [0.25, 0.3) is 0 Å². The van der Waals surface area contributed by atoms with Crippen LogP contribution in [0.2, 0.25) is 0 Å². The fourth-order valence-corrected chi connectivity index (χ4v) is 2.36. The van der Waals surface area contributed by atoms with Crippen molar-refractivity contribution in [2.45, 2.75) is 51.5 Å². The second kappa shape index (κ2) is 7.11. The maximum Gasteiger partial charge on any atom is 0.228 e. The Labute approximate surface area is 114 Å². The minimum absolute atomic E-state index is 0.561. The van der Waals surface area contributed by atoms with Gasteiger partial charge < -0.3 is 15.2 Å². The van der Waals surface area contributed by atoms with Crippen molar-refractivity contribution in [2.75, 3.05) is 13.6 Å². The summed E-state index contributed by atoms with van der Waals surface area (Å²) < 4.78 is 5.07. The number of guanidine groups is 1. The van der Waals surface area contributed by atoms with Crippen molar-refractivity contribution in [3.8, 4) is 0 Å². The molecule has 0 aliphatic heterocycles. The molecular weight excluding hydrogens is 242 g/mol. The Kier molecular flexibility index (Phi) is 5.18. The van der Waals surface area contributed by atoms with Crippen LogP contribution in [-0.2, 0) is 6.42 Å². The molecule has 1 heterocycles. The molecule has 6 nitrogen and oxygen atoms in total. The van der Waals surface area contributed by atoms with Gasteiger partial charge in [0.2, 0.25) is 5.89 Å². The van der Waals surface area contributed by atoms with Gasteiger partial charge in [0.1, 0.15) is 0 Å². The van der Waals surface area contributed by atoms with Crippen molar-refractivity contribution in [1.29, 1.82) is 0 Å². The summed E-state index contributed by atoms with van der Waals surface area (Å²) in [4.78, 5) is 8.42. The number of aliphatic imine (C=N–C) groups is 1. The van der Waals surface area contributed by atoms with E-state index in [0.29, 0.717) is 24.2 Å². The van der Waals surface area contributed by atoms with E-state index in [1.165, 1.54) is 32.1 Å². The SMILES string of the molecule is CN=C(NCCc1nc(C)no1)NC1CCCCC1. The lowest BCUT2D eigenvalue weighted by atomic mass is 9.96. The normalized spacial score (nSPS) is 17.5. The molecule has 0 aromatic carbocycles. The fourth-order valence-electron chi connectivity index (χ4n) is 2.36. The number of nitrogens with zero attached hydrogens (tertiary/aromatic N) is 3. The van der Waals surface area contributed by atoms with E-state index in [0.717, 1.165) is 12.5 Å². The highest BCUT2D eigenvalue weighted by atomic mass is 16.5. The number of hydrogen-bond acceptors (Lipinski definition) is 4. The van der Waals surface area contributed by atoms with Crippen LogP contribution in [0.5, 0.6) is 0 Å². The van der Waals surface area contributed by atoms with Crippen LogP contribution < -0.4 is 10.6 Å². The van der Waals surface area contributed by atoms with Crippen LogP contribution in [0.15, 0.2) is 9.52 Å². The van der Waals surface area contributed by atoms with Crippen molar-refractivity contribution in [3.63, 3.8) is 0 Å². The maximum absolute atomic E-state index is 5.07. The molecule has 0 radical (unpaired) electrons. The van der Waals surface area contributed by atoms with Crippen LogP contribution in [0.1, 0.15) is 43.8 Å². The molecule has 1 aliphatic carbocycles. The van der Waals surface area contributed by atoms with E-state index in [-0.39, 0.29) is 0 Å². The zero-order chi connectivity index (χ0) is 13.5. The van der Waals surface area contributed by atoms with Crippen LogP contribution in [0.25, 0.3) is 0 Å². The van der Waals surface area contributed by atoms with Gasteiger partial charge in [-0.15, -0.1) is 0 Å². The van der Waals surface area contributed by atoms with E-state index in [9.17, 15) is 0 Å². The topological polar surface area (TPSA) is 75.3 Å². The van der Waals surface area contributed by atoms with Gasteiger partial charge in [-0.1, -0.05) is 24.4 Å². The van der Waals surface area contributed by atoms with Crippen LogP contribution >= 0.6 is 0 Å². The summed E-state index contributed by atoms with van der Waals surface area (Å²) in [5.74, 6) is 2.21. The van der Waals surface area contributed by atoms with Crippen LogP contribution in [-0.4, -0.2) is 35.7 Å². The summed E-state index contributed by atoms with van der Waals surface area (Å²) in [5.41, 5.74) is 0. The largest absolute Gasteiger partial charge is 0.356 e. The summed E-state index contributed by atoms with van der Waals surface area (Å²) in [5, 5.41) is 10.5. The molecular formula is C13H23N5O. The third-order valence-electron chi connectivity index (χ3n) is 3.37. The summed E-state index contributed by atoms with van der Waals surface area (Å²) in [6.07, 6.45) is 7.19. The molecule has 1 aromatic heterocycles. The van der Waals surface area contributed by atoms with Gasteiger partial charge >= 0.3 is 0 Å². The van der Waals surface area contributed by atoms with Crippen molar-refractivity contribution in [1.82, 2.24) is 20.8 Å². The highest BCUT2D eigenvalue weighted by Gasteiger charge is 2.14. The number of aromatic nitrogens is 2. The van der Waals surface area contributed by atoms with Crippen molar-refractivity contribution < 1.29 is 4.52 Å². The second-order valence-electron chi connectivity index (χ2n) is 4.96. The number of rotatable bonds is 4. The quantitative estimate of drug-likeness (QED) is 0.636. The first-order valence-corrected chi connectivity index (χ1v) is 7.04. The molecule has 2 N–H and O–H groups in total. The van der Waals surface area contributed by atoms with Crippen LogP contribution in [0.4, 0.5) is 0 Å². The van der Waals surface area contributed by atoms with Gasteiger partial charge in [-0.25, -0.2) is 0 Å². The Hall–Kier alpha value is -1.59. The van der Waals surface area contributed by atoms with Gasteiger partial charge in [0.15, 0.2) is 11.8 Å². The van der Waals surface area contributed by atoms with E-state index < -0.39 is 0 Å². The molecule has 1 aliphatic rings. The van der Waals surface area contributed by atoms with Crippen LogP contribution in [0.3, 0.4) is 0 Å². The van der Waals surface area contributed by atoms with Gasteiger partial charge in [-0.3, -0.25) is 4.99 Å². The van der Waals surface area contributed by atoms with E-state index in [1.54, 1.807) is 7.05 Å². The smallest absolute Gasteiger partial charge is 0.228 e. The molecule has 2 rings (SSSR count). The maximum atomic E-state index is 5.07. The van der Waals surface area contributed by atoms with Crippen molar-refractivity contribution in [3.05, 3.63) is 11.7 Å². The lowest BCUT2D eigenvalue weighted by molar-refractivity contribution is 0.374. The minimum Gasteiger partial charge on any atom is -0.356 e. The Bertz CT molecular complexity index is 409. The molecule has 6 heteroatoms. The number of hydrogen-bond donors (Lipinski definition) is 2. The third-order valence-corrected chi connectivity index (χ3v) is 3.37. The molecule has 0 saturated heterocycles. The van der Waals surface area contributed by atoms with Gasteiger partial charge in [-0.05, 0) is 19.8 Å². The Morgan fingerprint density at radius 1 is 1.37 bits per heavy atom. The molecule has 19 heavy (non-hydrogen) atoms. The molecule has 0 unspecified atom stereocenters. The molecule has 1 saturated carbocycles. The summed E-state index contributed by atoms with van der Waals surface area (Å²) in [7, 11) is 1.80. The second-order valence-corrected chi connectivity index (χ2v) is 4.96. The van der Waals surface area contributed by atoms with E-state index in [1.807, 2.05) is 6.92 Å². The average molecular weight is 265 g/mol. The Morgan fingerprint density at radius 3 is 2.79 bits per heavy atom.